The van der Waals surface area contributed by atoms with Crippen LogP contribution in [0.25, 0.3) is 0 Å². The molecule has 0 aliphatic carbocycles. The van der Waals surface area contributed by atoms with Crippen molar-refractivity contribution >= 4 is 19.8 Å². The molecule has 460 valence electrons. The lowest BCUT2D eigenvalue weighted by Crippen LogP contribution is -2.37. The Morgan fingerprint density at radius 1 is 0.405 bits per heavy atom. The quantitative estimate of drug-likeness (QED) is 0.0195. The van der Waals surface area contributed by atoms with E-state index in [9.17, 15) is 19.0 Å². The molecule has 0 aromatic carbocycles. The van der Waals surface area contributed by atoms with Crippen LogP contribution in [0.5, 0.6) is 0 Å². The predicted molar refractivity (Wildman–Crippen MR) is 337 cm³/mol. The molecule has 2 unspecified atom stereocenters. The van der Waals surface area contributed by atoms with Crippen LogP contribution in [0.1, 0.15) is 303 Å². The molecule has 0 rings (SSSR count). The fourth-order valence-electron chi connectivity index (χ4n) is 9.39. The number of carbonyl (C=O) groups excluding carboxylic acids is 2. The summed E-state index contributed by atoms with van der Waals surface area (Å²) < 4.78 is 34.2. The summed E-state index contributed by atoms with van der Waals surface area (Å²) in [5.41, 5.74) is 0. The van der Waals surface area contributed by atoms with Gasteiger partial charge in [0.25, 0.3) is 7.82 Å². The van der Waals surface area contributed by atoms with E-state index in [1.807, 2.05) is 21.1 Å². The number of carbonyl (C=O) groups is 2. The second kappa shape index (κ2) is 60.1. The highest BCUT2D eigenvalue weighted by Gasteiger charge is 2.22. The molecule has 10 heteroatoms. The summed E-state index contributed by atoms with van der Waals surface area (Å²) in [5, 5.41) is 0. The zero-order valence-corrected chi connectivity index (χ0v) is 53.2. The van der Waals surface area contributed by atoms with Crippen LogP contribution in [0.2, 0.25) is 0 Å². The summed E-state index contributed by atoms with van der Waals surface area (Å²) in [7, 11) is 1.17. The minimum atomic E-state index is -4.64. The molecule has 0 radical (unpaired) electrons. The summed E-state index contributed by atoms with van der Waals surface area (Å²) >= 11 is 0. The van der Waals surface area contributed by atoms with Crippen LogP contribution in [0, 0.1) is 0 Å². The summed E-state index contributed by atoms with van der Waals surface area (Å²) in [6.07, 6.45) is 79.8. The maximum atomic E-state index is 12.8. The Hall–Kier alpha value is -2.55. The number of phosphoric ester groups is 1. The molecule has 0 fully saturated rings. The molecule has 79 heavy (non-hydrogen) atoms. The Bertz CT molecular complexity index is 1560. The first-order valence-electron chi connectivity index (χ1n) is 33.1. The van der Waals surface area contributed by atoms with E-state index >= 15 is 0 Å². The lowest BCUT2D eigenvalue weighted by atomic mass is 10.0. The number of rotatable bonds is 61. The third kappa shape index (κ3) is 64.5. The second-order valence-corrected chi connectivity index (χ2v) is 24.9. The molecule has 0 aromatic heterocycles. The number of phosphoric acid groups is 1. The number of ether oxygens (including phenoxy) is 2. The monoisotopic (exact) mass is 1130 g/mol. The Balaban J connectivity index is 3.96. The first kappa shape index (κ1) is 76.5. The van der Waals surface area contributed by atoms with Gasteiger partial charge >= 0.3 is 11.9 Å². The van der Waals surface area contributed by atoms with Crippen LogP contribution in [0.15, 0.2) is 72.9 Å². The minimum Gasteiger partial charge on any atom is -0.756 e. The summed E-state index contributed by atoms with van der Waals surface area (Å²) in [6.45, 7) is 4.13. The van der Waals surface area contributed by atoms with Crippen molar-refractivity contribution in [3.05, 3.63) is 72.9 Å². The summed E-state index contributed by atoms with van der Waals surface area (Å²) in [6, 6.07) is 0. The first-order valence-corrected chi connectivity index (χ1v) is 34.6. The molecule has 0 bridgehead atoms. The van der Waals surface area contributed by atoms with Crippen LogP contribution in [0.3, 0.4) is 0 Å². The SMILES string of the molecule is CC/C=C\C/C=C\C/C=C\C/C=C\CCCCCCCCCCCCCCCCCCCCCCCCCCC(=O)OC(COC(=O)CCCCCCCCC/C=C\C/C=C\CCCCCC)COP(=O)([O-])OCC[N+](C)(C)C. The fourth-order valence-corrected chi connectivity index (χ4v) is 10.1. The van der Waals surface area contributed by atoms with E-state index in [0.717, 1.165) is 83.5 Å². The Labute approximate surface area is 489 Å². The maximum Gasteiger partial charge on any atom is 0.306 e. The molecule has 0 heterocycles. The average Bonchev–Trinajstić information content (AvgIpc) is 3.41. The third-order valence-electron chi connectivity index (χ3n) is 14.5. The smallest absolute Gasteiger partial charge is 0.306 e. The number of esters is 2. The first-order chi connectivity index (χ1) is 38.5. The van der Waals surface area contributed by atoms with Gasteiger partial charge in [0.15, 0.2) is 6.10 Å². The lowest BCUT2D eigenvalue weighted by molar-refractivity contribution is -0.870. The lowest BCUT2D eigenvalue weighted by Gasteiger charge is -2.28. The third-order valence-corrected chi connectivity index (χ3v) is 15.4. The number of quaternary nitrogens is 1. The van der Waals surface area contributed by atoms with Crippen molar-refractivity contribution in [2.24, 2.45) is 0 Å². The van der Waals surface area contributed by atoms with E-state index in [2.05, 4.69) is 86.8 Å². The second-order valence-electron chi connectivity index (χ2n) is 23.5. The summed E-state index contributed by atoms with van der Waals surface area (Å²) in [4.78, 5) is 37.9. The number of nitrogens with zero attached hydrogens (tertiary/aromatic N) is 1. The van der Waals surface area contributed by atoms with Crippen LogP contribution in [-0.2, 0) is 32.7 Å². The number of likely N-dealkylation sites (N-methyl/N-ethyl adjacent to an activating group) is 1. The van der Waals surface area contributed by atoms with Gasteiger partial charge in [0.2, 0.25) is 0 Å². The Kier molecular flexibility index (Phi) is 58.1. The fraction of sp³-hybridized carbons (Fsp3) is 0.797. The number of hydrogen-bond acceptors (Lipinski definition) is 8. The van der Waals surface area contributed by atoms with Crippen LogP contribution in [-0.4, -0.2) is 70.0 Å². The molecule has 0 amide bonds. The maximum absolute atomic E-state index is 12.8. The van der Waals surface area contributed by atoms with E-state index in [1.54, 1.807) is 0 Å². The Morgan fingerprint density at radius 2 is 0.722 bits per heavy atom. The Morgan fingerprint density at radius 3 is 1.08 bits per heavy atom. The molecule has 0 N–H and O–H groups in total. The molecule has 9 nitrogen and oxygen atoms in total. The van der Waals surface area contributed by atoms with Crippen molar-refractivity contribution in [1.29, 1.82) is 0 Å². The molecular weight excluding hydrogens is 1000 g/mol. The van der Waals surface area contributed by atoms with E-state index in [1.165, 1.54) is 186 Å². The van der Waals surface area contributed by atoms with Gasteiger partial charge in [-0.05, 0) is 83.5 Å². The number of allylic oxidation sites excluding steroid dienone is 12. The van der Waals surface area contributed by atoms with Gasteiger partial charge in [-0.1, -0.05) is 279 Å². The van der Waals surface area contributed by atoms with Crippen LogP contribution in [0.4, 0.5) is 0 Å². The highest BCUT2D eigenvalue weighted by Crippen LogP contribution is 2.38. The van der Waals surface area contributed by atoms with Gasteiger partial charge < -0.3 is 27.9 Å². The van der Waals surface area contributed by atoms with E-state index < -0.39 is 26.5 Å². The van der Waals surface area contributed by atoms with Crippen molar-refractivity contribution < 1.29 is 42.1 Å². The molecule has 0 spiro atoms. The normalized spacial score (nSPS) is 13.6. The molecule has 0 aliphatic heterocycles. The van der Waals surface area contributed by atoms with E-state index in [-0.39, 0.29) is 32.0 Å². The van der Waals surface area contributed by atoms with Crippen LogP contribution >= 0.6 is 7.82 Å². The largest absolute Gasteiger partial charge is 0.756 e. The van der Waals surface area contributed by atoms with Crippen molar-refractivity contribution in [3.8, 4) is 0 Å². The van der Waals surface area contributed by atoms with Gasteiger partial charge in [0.1, 0.15) is 19.8 Å². The van der Waals surface area contributed by atoms with Gasteiger partial charge in [-0.25, -0.2) is 0 Å². The van der Waals surface area contributed by atoms with Gasteiger partial charge in [-0.2, -0.15) is 0 Å². The molecule has 2 atom stereocenters. The molecule has 0 saturated carbocycles. The zero-order chi connectivity index (χ0) is 57.7. The van der Waals surface area contributed by atoms with Gasteiger partial charge in [0, 0.05) is 12.8 Å². The topological polar surface area (TPSA) is 111 Å². The molecule has 0 aliphatic rings. The van der Waals surface area contributed by atoms with Gasteiger partial charge in [-0.15, -0.1) is 0 Å². The molecule has 0 saturated heterocycles. The van der Waals surface area contributed by atoms with Crippen molar-refractivity contribution in [1.82, 2.24) is 0 Å². The highest BCUT2D eigenvalue weighted by atomic mass is 31.2. The number of hydrogen-bond donors (Lipinski definition) is 0. The predicted octanol–water partition coefficient (Wildman–Crippen LogP) is 20.6. The van der Waals surface area contributed by atoms with Crippen LogP contribution < -0.4 is 4.89 Å². The standard InChI is InChI=1S/C69H126NO8P/c1-6-8-10-12-14-16-18-20-22-24-26-27-28-29-30-31-32-33-34-35-36-37-38-39-40-41-42-43-44-46-48-50-52-54-56-58-60-62-69(72)78-67(66-77-79(73,74)76-64-63-70(3,4)5)65-75-68(71)61-59-57-55-53-51-49-47-45-25-23-21-19-17-15-13-11-9-7-2/h8,10,14,16-17,19-20,22-23,25-27,67H,6-7,9,11-13,15,18,21,24,28-66H2,1-5H3/b10-8-,16-14-,19-17-,22-20-,25-23-,27-26-. The van der Waals surface area contributed by atoms with Crippen molar-refractivity contribution in [2.75, 3.05) is 47.5 Å². The summed E-state index contributed by atoms with van der Waals surface area (Å²) in [5.74, 6) is -0.831. The van der Waals surface area contributed by atoms with Crippen molar-refractivity contribution in [3.63, 3.8) is 0 Å². The average molecular weight is 1130 g/mol. The van der Waals surface area contributed by atoms with E-state index in [0.29, 0.717) is 17.4 Å². The van der Waals surface area contributed by atoms with Gasteiger partial charge in [0.05, 0.1) is 27.7 Å². The molecule has 0 aromatic rings. The van der Waals surface area contributed by atoms with Gasteiger partial charge in [-0.3, -0.25) is 14.2 Å². The van der Waals surface area contributed by atoms with E-state index in [4.69, 9.17) is 18.5 Å². The number of unbranched alkanes of at least 4 members (excludes halogenated alkanes) is 35. The molecular formula is C69H126NO8P. The highest BCUT2D eigenvalue weighted by molar-refractivity contribution is 7.45. The van der Waals surface area contributed by atoms with Crippen molar-refractivity contribution in [2.45, 2.75) is 309 Å². The zero-order valence-electron chi connectivity index (χ0n) is 52.3. The minimum absolute atomic E-state index is 0.0321.